The fourth-order valence-electron chi connectivity index (χ4n) is 6.80. The number of piperidine rings is 1. The average Bonchev–Trinajstić information content (AvgIpc) is 3.72. The van der Waals surface area contributed by atoms with Gasteiger partial charge in [-0.3, -0.25) is 19.2 Å². The quantitative estimate of drug-likeness (QED) is 0.141. The molecule has 2 atom stereocenters. The van der Waals surface area contributed by atoms with Crippen LogP contribution in [0.5, 0.6) is 0 Å². The van der Waals surface area contributed by atoms with Gasteiger partial charge in [0, 0.05) is 37.5 Å². The van der Waals surface area contributed by atoms with E-state index in [4.69, 9.17) is 17.3 Å². The van der Waals surface area contributed by atoms with E-state index in [0.717, 1.165) is 23.9 Å². The summed E-state index contributed by atoms with van der Waals surface area (Å²) in [4.78, 5) is 29.7. The van der Waals surface area contributed by atoms with Gasteiger partial charge < -0.3 is 0 Å². The predicted molar refractivity (Wildman–Crippen MR) is 202 cm³/mol. The highest BCUT2D eigenvalue weighted by atomic mass is 32.2. The molecular formula is C37H36N6O4S3. The third-order valence-electron chi connectivity index (χ3n) is 9.17. The minimum Gasteiger partial charge on any atom is -0.283 e. The standard InChI is InChI=1S/C37H36N6O4S3/c1-24-18-25(2)22-40(21-24)50(46,47)31-17-11-12-27(19-31)33-28(23-41(38-33)29-13-7-5-8-14-29)20-32-35(44)42(37(48)49-32)34-26(3)39(4)43(36(34)45)30-15-9-6-10-16-30/h5-17,19-20,23-25H,18,21-22H2,1-4H3. The highest BCUT2D eigenvalue weighted by Crippen LogP contribution is 2.38. The Morgan fingerprint density at radius 3 is 2.20 bits per heavy atom. The monoisotopic (exact) mass is 724 g/mol. The van der Waals surface area contributed by atoms with Gasteiger partial charge in [-0.15, -0.1) is 0 Å². The molecule has 2 aliphatic heterocycles. The van der Waals surface area contributed by atoms with Crippen LogP contribution in [0.2, 0.25) is 0 Å². The molecule has 256 valence electrons. The summed E-state index contributed by atoms with van der Waals surface area (Å²) in [5.41, 5.74) is 3.57. The minimum absolute atomic E-state index is 0.192. The first-order chi connectivity index (χ1) is 23.9. The molecule has 0 radical (unpaired) electrons. The van der Waals surface area contributed by atoms with Crippen LogP contribution in [0.15, 0.2) is 106 Å². The van der Waals surface area contributed by atoms with Crippen LogP contribution in [0, 0.1) is 18.8 Å². The fourth-order valence-corrected chi connectivity index (χ4v) is 9.79. The molecular weight excluding hydrogens is 689 g/mol. The maximum Gasteiger partial charge on any atom is 0.296 e. The molecule has 0 aliphatic carbocycles. The molecule has 1 amide bonds. The Bertz CT molecular complexity index is 2320. The lowest BCUT2D eigenvalue weighted by Crippen LogP contribution is -2.42. The van der Waals surface area contributed by atoms with Gasteiger partial charge in [0.2, 0.25) is 10.0 Å². The third-order valence-corrected chi connectivity index (χ3v) is 12.3. The molecule has 0 spiro atoms. The third kappa shape index (κ3) is 6.08. The van der Waals surface area contributed by atoms with Gasteiger partial charge in [0.15, 0.2) is 4.32 Å². The second-order valence-corrected chi connectivity index (χ2v) is 16.6. The molecule has 13 heteroatoms. The number of carbonyl (C=O) groups excluding carboxylic acids is 1. The molecule has 4 heterocycles. The van der Waals surface area contributed by atoms with Gasteiger partial charge in [-0.2, -0.15) is 9.40 Å². The van der Waals surface area contributed by atoms with E-state index in [1.165, 1.54) is 9.58 Å². The van der Waals surface area contributed by atoms with Crippen molar-refractivity contribution in [3.8, 4) is 22.6 Å². The number of benzene rings is 3. The Labute approximate surface area is 300 Å². The SMILES string of the molecule is Cc1c(N2C(=O)C(=Cc3cn(-c4ccccc4)nc3-c3cccc(S(=O)(=O)N4CC(C)CC(C)C4)c3)SC2=S)c(=O)n(-c2ccccc2)n1C. The van der Waals surface area contributed by atoms with Crippen molar-refractivity contribution in [3.63, 3.8) is 0 Å². The lowest BCUT2D eigenvalue weighted by molar-refractivity contribution is -0.113. The summed E-state index contributed by atoms with van der Waals surface area (Å²) in [7, 11) is -1.99. The topological polar surface area (TPSA) is 102 Å². The Kier molecular flexibility index (Phi) is 9.01. The molecule has 0 bridgehead atoms. The Morgan fingerprint density at radius 1 is 0.900 bits per heavy atom. The lowest BCUT2D eigenvalue weighted by atomic mass is 9.94. The Morgan fingerprint density at radius 2 is 1.54 bits per heavy atom. The number of carbonyl (C=O) groups is 1. The number of thiocarbonyl (C=S) groups is 1. The summed E-state index contributed by atoms with van der Waals surface area (Å²) >= 11 is 6.81. The highest BCUT2D eigenvalue weighted by Gasteiger charge is 2.38. The van der Waals surface area contributed by atoms with Crippen LogP contribution < -0.4 is 10.5 Å². The summed E-state index contributed by atoms with van der Waals surface area (Å²) < 4.78 is 34.5. The maximum absolute atomic E-state index is 14.1. The summed E-state index contributed by atoms with van der Waals surface area (Å²) in [6, 6.07) is 25.6. The average molecular weight is 725 g/mol. The first-order valence-electron chi connectivity index (χ1n) is 16.3. The zero-order valence-electron chi connectivity index (χ0n) is 28.1. The van der Waals surface area contributed by atoms with E-state index in [9.17, 15) is 18.0 Å². The number of rotatable bonds is 7. The van der Waals surface area contributed by atoms with Crippen molar-refractivity contribution in [1.29, 1.82) is 0 Å². The fraction of sp³-hybridized carbons (Fsp3) is 0.243. The molecule has 2 aliphatic rings. The van der Waals surface area contributed by atoms with Crippen LogP contribution in [0.1, 0.15) is 31.5 Å². The molecule has 5 aromatic rings. The van der Waals surface area contributed by atoms with Gasteiger partial charge in [0.05, 0.1) is 26.9 Å². The van der Waals surface area contributed by atoms with Gasteiger partial charge in [-0.25, -0.2) is 17.8 Å². The first-order valence-corrected chi connectivity index (χ1v) is 19.0. The van der Waals surface area contributed by atoms with Gasteiger partial charge in [-0.05, 0) is 67.7 Å². The van der Waals surface area contributed by atoms with Crippen molar-refractivity contribution < 1.29 is 13.2 Å². The van der Waals surface area contributed by atoms with Crippen molar-refractivity contribution >= 4 is 56.0 Å². The second-order valence-electron chi connectivity index (χ2n) is 12.9. The summed E-state index contributed by atoms with van der Waals surface area (Å²) in [5, 5.41) is 4.89. The van der Waals surface area contributed by atoms with Gasteiger partial charge in [0.25, 0.3) is 11.5 Å². The second kappa shape index (κ2) is 13.3. The highest BCUT2D eigenvalue weighted by molar-refractivity contribution is 8.27. The van der Waals surface area contributed by atoms with Crippen LogP contribution in [0.4, 0.5) is 5.69 Å². The molecule has 2 saturated heterocycles. The molecule has 0 N–H and O–H groups in total. The summed E-state index contributed by atoms with van der Waals surface area (Å²) in [5.74, 6) is 0.114. The van der Waals surface area contributed by atoms with E-state index in [0.29, 0.717) is 46.2 Å². The normalized spacial score (nSPS) is 19.5. The zero-order valence-corrected chi connectivity index (χ0v) is 30.5. The largest absolute Gasteiger partial charge is 0.296 e. The van der Waals surface area contributed by atoms with Crippen LogP contribution in [-0.4, -0.2) is 55.2 Å². The minimum atomic E-state index is -3.76. The predicted octanol–water partition coefficient (Wildman–Crippen LogP) is 6.41. The molecule has 2 unspecified atom stereocenters. The Balaban J connectivity index is 1.30. The van der Waals surface area contributed by atoms with E-state index in [-0.39, 0.29) is 32.3 Å². The number of aromatic nitrogens is 4. The van der Waals surface area contributed by atoms with Crippen molar-refractivity contribution in [3.05, 3.63) is 118 Å². The number of amides is 1. The maximum atomic E-state index is 14.1. The zero-order chi connectivity index (χ0) is 35.3. The van der Waals surface area contributed by atoms with Gasteiger partial charge >= 0.3 is 0 Å². The first kappa shape index (κ1) is 33.9. The molecule has 7 rings (SSSR count). The smallest absolute Gasteiger partial charge is 0.283 e. The van der Waals surface area contributed by atoms with E-state index in [2.05, 4.69) is 13.8 Å². The molecule has 2 fully saturated rings. The molecule has 10 nitrogen and oxygen atoms in total. The van der Waals surface area contributed by atoms with Crippen LogP contribution in [-0.2, 0) is 21.9 Å². The number of anilines is 1. The van der Waals surface area contributed by atoms with Crippen molar-refractivity contribution in [1.82, 2.24) is 23.4 Å². The van der Waals surface area contributed by atoms with E-state index in [1.54, 1.807) is 51.9 Å². The number of sulfonamides is 1. The summed E-state index contributed by atoms with van der Waals surface area (Å²) in [6.45, 7) is 6.90. The van der Waals surface area contributed by atoms with Crippen molar-refractivity contribution in [2.75, 3.05) is 18.0 Å². The van der Waals surface area contributed by atoms with E-state index in [1.807, 2.05) is 72.9 Å². The van der Waals surface area contributed by atoms with Gasteiger partial charge in [-0.1, -0.05) is 86.4 Å². The van der Waals surface area contributed by atoms with Crippen molar-refractivity contribution in [2.24, 2.45) is 18.9 Å². The summed E-state index contributed by atoms with van der Waals surface area (Å²) in [6.07, 6.45) is 4.51. The number of para-hydroxylation sites is 2. The van der Waals surface area contributed by atoms with Crippen LogP contribution in [0.25, 0.3) is 28.7 Å². The number of hydrogen-bond donors (Lipinski definition) is 0. The molecule has 0 saturated carbocycles. The van der Waals surface area contributed by atoms with Crippen molar-refractivity contribution in [2.45, 2.75) is 32.1 Å². The van der Waals surface area contributed by atoms with Gasteiger partial charge in [0.1, 0.15) is 11.4 Å². The van der Waals surface area contributed by atoms with Crippen LogP contribution in [0.3, 0.4) is 0 Å². The number of nitrogens with zero attached hydrogens (tertiary/aromatic N) is 6. The molecule has 50 heavy (non-hydrogen) atoms. The molecule has 3 aromatic carbocycles. The van der Waals surface area contributed by atoms with E-state index >= 15 is 0 Å². The molecule has 2 aromatic heterocycles. The van der Waals surface area contributed by atoms with E-state index < -0.39 is 15.9 Å². The lowest BCUT2D eigenvalue weighted by Gasteiger charge is -2.34. The number of hydrogen-bond acceptors (Lipinski definition) is 7. The Hall–Kier alpha value is -4.56. The van der Waals surface area contributed by atoms with Crippen LogP contribution >= 0.6 is 24.0 Å². The number of thioether (sulfide) groups is 1.